The highest BCUT2D eigenvalue weighted by atomic mass is 35.5. The topological polar surface area (TPSA) is 73.1 Å². The summed E-state index contributed by atoms with van der Waals surface area (Å²) in [5, 5.41) is 9.56. The van der Waals surface area contributed by atoms with E-state index in [4.69, 9.17) is 16.9 Å². The number of hydrogen-bond acceptors (Lipinski definition) is 5. The second-order valence-electron chi connectivity index (χ2n) is 6.95. The van der Waals surface area contributed by atoms with Gasteiger partial charge in [0.25, 0.3) is 0 Å². The first-order valence-electron chi connectivity index (χ1n) is 9.47. The molecule has 2 aromatic carbocycles. The van der Waals surface area contributed by atoms with E-state index in [1.807, 2.05) is 11.0 Å². The maximum absolute atomic E-state index is 14.3. The zero-order valence-corrected chi connectivity index (χ0v) is 17.0. The molecule has 0 unspecified atom stereocenters. The number of rotatable bonds is 3. The molecule has 1 amide bonds. The fraction of sp³-hybridized carbons (Fsp3) is 0.182. The minimum absolute atomic E-state index is 0.186. The first-order chi connectivity index (χ1) is 15.0. The summed E-state index contributed by atoms with van der Waals surface area (Å²) in [5.74, 6) is -0.911. The van der Waals surface area contributed by atoms with Crippen LogP contribution in [0.3, 0.4) is 0 Å². The van der Waals surface area contributed by atoms with E-state index in [1.54, 1.807) is 17.0 Å². The summed E-state index contributed by atoms with van der Waals surface area (Å²) in [6, 6.07) is 8.48. The van der Waals surface area contributed by atoms with Gasteiger partial charge in [0.15, 0.2) is 0 Å². The fourth-order valence-corrected chi connectivity index (χ4v) is 3.85. The van der Waals surface area contributed by atoms with E-state index >= 15 is 0 Å². The molecule has 3 aromatic rings. The van der Waals surface area contributed by atoms with Gasteiger partial charge in [-0.05, 0) is 24.3 Å². The summed E-state index contributed by atoms with van der Waals surface area (Å²) in [5.41, 5.74) is 1.17. The smallest absolute Gasteiger partial charge is 0.247 e. The van der Waals surface area contributed by atoms with Crippen molar-refractivity contribution in [2.75, 3.05) is 31.1 Å². The zero-order chi connectivity index (χ0) is 22.0. The lowest BCUT2D eigenvalue weighted by Gasteiger charge is -2.35. The van der Waals surface area contributed by atoms with Gasteiger partial charge in [-0.1, -0.05) is 11.6 Å². The van der Waals surface area contributed by atoms with E-state index in [1.165, 1.54) is 24.5 Å². The lowest BCUT2D eigenvalue weighted by molar-refractivity contribution is -0.126. The van der Waals surface area contributed by atoms with Crippen LogP contribution in [0.25, 0.3) is 22.0 Å². The molecule has 0 radical (unpaired) electrons. The van der Waals surface area contributed by atoms with E-state index in [9.17, 15) is 13.6 Å². The molecule has 9 heteroatoms. The largest absolute Gasteiger partial charge is 0.352 e. The van der Waals surface area contributed by atoms with Crippen LogP contribution in [-0.2, 0) is 4.79 Å². The number of carbonyl (C=O) groups is 1. The highest BCUT2D eigenvalue weighted by Gasteiger charge is 2.23. The SMILES string of the molecule is N#C/C=C\C(=O)N1CCN(c2ncnc3cc(-c4ccc(F)cc4F)c(Cl)cc23)CC1. The summed E-state index contributed by atoms with van der Waals surface area (Å²) >= 11 is 6.45. The second kappa shape index (κ2) is 8.66. The molecule has 1 aliphatic heterocycles. The predicted molar refractivity (Wildman–Crippen MR) is 113 cm³/mol. The molecule has 1 saturated heterocycles. The Labute approximate surface area is 182 Å². The molecular weight excluding hydrogens is 424 g/mol. The van der Waals surface area contributed by atoms with Gasteiger partial charge in [-0.15, -0.1) is 0 Å². The molecule has 1 aliphatic rings. The highest BCUT2D eigenvalue weighted by molar-refractivity contribution is 6.34. The van der Waals surface area contributed by atoms with Crippen LogP contribution in [0.1, 0.15) is 0 Å². The van der Waals surface area contributed by atoms with Crippen molar-refractivity contribution >= 4 is 34.2 Å². The van der Waals surface area contributed by atoms with Crippen molar-refractivity contribution in [3.63, 3.8) is 0 Å². The van der Waals surface area contributed by atoms with Crippen molar-refractivity contribution in [1.82, 2.24) is 14.9 Å². The quantitative estimate of drug-likeness (QED) is 0.456. The molecule has 0 saturated carbocycles. The van der Waals surface area contributed by atoms with Crippen molar-refractivity contribution in [2.45, 2.75) is 0 Å². The minimum Gasteiger partial charge on any atom is -0.352 e. The van der Waals surface area contributed by atoms with E-state index in [2.05, 4.69) is 9.97 Å². The van der Waals surface area contributed by atoms with E-state index in [0.717, 1.165) is 12.1 Å². The van der Waals surface area contributed by atoms with E-state index in [0.29, 0.717) is 53.5 Å². The molecule has 0 bridgehead atoms. The number of anilines is 1. The zero-order valence-electron chi connectivity index (χ0n) is 16.2. The Morgan fingerprint density at radius 2 is 1.87 bits per heavy atom. The molecule has 0 aliphatic carbocycles. The molecular formula is C22H16ClF2N5O. The number of carbonyl (C=O) groups excluding carboxylic acids is 1. The van der Waals surface area contributed by atoms with Crippen LogP contribution in [-0.4, -0.2) is 47.0 Å². The Kier molecular flexibility index (Phi) is 5.78. The van der Waals surface area contributed by atoms with Crippen LogP contribution in [0.15, 0.2) is 48.8 Å². The van der Waals surface area contributed by atoms with E-state index < -0.39 is 11.6 Å². The lowest BCUT2D eigenvalue weighted by Crippen LogP contribution is -2.48. The number of nitrogens with zero attached hydrogens (tertiary/aromatic N) is 5. The van der Waals surface area contributed by atoms with Crippen molar-refractivity contribution in [3.05, 3.63) is 65.5 Å². The van der Waals surface area contributed by atoms with Crippen molar-refractivity contribution < 1.29 is 13.6 Å². The Balaban J connectivity index is 1.64. The highest BCUT2D eigenvalue weighted by Crippen LogP contribution is 2.36. The Morgan fingerprint density at radius 3 is 2.58 bits per heavy atom. The van der Waals surface area contributed by atoms with Gasteiger partial charge in [-0.3, -0.25) is 4.79 Å². The molecule has 31 heavy (non-hydrogen) atoms. The molecule has 0 atom stereocenters. The van der Waals surface area contributed by atoms with Crippen LogP contribution in [0.2, 0.25) is 5.02 Å². The average Bonchev–Trinajstić information content (AvgIpc) is 2.77. The van der Waals surface area contributed by atoms with Gasteiger partial charge in [-0.25, -0.2) is 18.7 Å². The van der Waals surface area contributed by atoms with Crippen LogP contribution >= 0.6 is 11.6 Å². The molecule has 1 aromatic heterocycles. The Bertz CT molecular complexity index is 1230. The number of amides is 1. The lowest BCUT2D eigenvalue weighted by atomic mass is 10.0. The number of fused-ring (bicyclic) bond motifs is 1. The third-order valence-electron chi connectivity index (χ3n) is 5.12. The Hall–Kier alpha value is -3.57. The van der Waals surface area contributed by atoms with Gasteiger partial charge in [0, 0.05) is 65.9 Å². The van der Waals surface area contributed by atoms with Gasteiger partial charge in [-0.2, -0.15) is 5.26 Å². The summed E-state index contributed by atoms with van der Waals surface area (Å²) in [7, 11) is 0. The first kappa shape index (κ1) is 20.7. The van der Waals surface area contributed by atoms with Gasteiger partial charge >= 0.3 is 0 Å². The van der Waals surface area contributed by atoms with Gasteiger partial charge in [0.05, 0.1) is 11.6 Å². The number of benzene rings is 2. The van der Waals surface area contributed by atoms with Crippen LogP contribution in [0, 0.1) is 23.0 Å². The number of aromatic nitrogens is 2. The molecule has 156 valence electrons. The maximum Gasteiger partial charge on any atom is 0.247 e. The van der Waals surface area contributed by atoms with Gasteiger partial charge < -0.3 is 9.80 Å². The third-order valence-corrected chi connectivity index (χ3v) is 5.43. The second-order valence-corrected chi connectivity index (χ2v) is 7.35. The third kappa shape index (κ3) is 4.18. The number of nitriles is 1. The molecule has 2 heterocycles. The van der Waals surface area contributed by atoms with Crippen molar-refractivity contribution in [3.8, 4) is 17.2 Å². The average molecular weight is 440 g/mol. The molecule has 4 rings (SSSR count). The predicted octanol–water partition coefficient (Wildman–Crippen LogP) is 3.96. The standard InChI is InChI=1S/C22H16ClF2N5O/c23-18-11-17-20(12-16(18)15-4-3-14(24)10-19(15)25)27-13-28-22(17)30-8-6-29(7-9-30)21(31)2-1-5-26/h1-4,10-13H,6-9H2/b2-1-. The normalized spacial score (nSPS) is 14.3. The summed E-state index contributed by atoms with van der Waals surface area (Å²) in [6.07, 6.45) is 3.84. The van der Waals surface area contributed by atoms with Crippen LogP contribution in [0.4, 0.5) is 14.6 Å². The maximum atomic E-state index is 14.3. The van der Waals surface area contributed by atoms with Crippen molar-refractivity contribution in [2.24, 2.45) is 0 Å². The summed E-state index contributed by atoms with van der Waals surface area (Å²) in [4.78, 5) is 24.4. The molecule has 1 fully saturated rings. The number of halogens is 3. The van der Waals surface area contributed by atoms with Crippen molar-refractivity contribution in [1.29, 1.82) is 5.26 Å². The summed E-state index contributed by atoms with van der Waals surface area (Å²) < 4.78 is 27.5. The molecule has 0 spiro atoms. The van der Waals surface area contributed by atoms with Gasteiger partial charge in [0.2, 0.25) is 5.91 Å². The van der Waals surface area contributed by atoms with Crippen LogP contribution in [0.5, 0.6) is 0 Å². The van der Waals surface area contributed by atoms with Gasteiger partial charge in [0.1, 0.15) is 23.8 Å². The fourth-order valence-electron chi connectivity index (χ4n) is 3.58. The number of hydrogen-bond donors (Lipinski definition) is 0. The molecule has 0 N–H and O–H groups in total. The van der Waals surface area contributed by atoms with Crippen LogP contribution < -0.4 is 4.90 Å². The number of allylic oxidation sites excluding steroid dienone is 1. The molecule has 6 nitrogen and oxygen atoms in total. The summed E-state index contributed by atoms with van der Waals surface area (Å²) in [6.45, 7) is 2.05. The minimum atomic E-state index is -0.707. The van der Waals surface area contributed by atoms with E-state index in [-0.39, 0.29) is 11.5 Å². The monoisotopic (exact) mass is 439 g/mol. The number of piperazine rings is 1. The first-order valence-corrected chi connectivity index (χ1v) is 9.85. The Morgan fingerprint density at radius 1 is 1.10 bits per heavy atom.